The van der Waals surface area contributed by atoms with Gasteiger partial charge in [-0.3, -0.25) is 4.79 Å². The molecular weight excluding hydrogens is 296 g/mol. The van der Waals surface area contributed by atoms with Crippen LogP contribution < -0.4 is 9.88 Å². The summed E-state index contributed by atoms with van der Waals surface area (Å²) in [5, 5.41) is 1.12. The van der Waals surface area contributed by atoms with E-state index in [0.29, 0.717) is 0 Å². The van der Waals surface area contributed by atoms with Gasteiger partial charge in [0, 0.05) is 24.7 Å². The first kappa shape index (κ1) is 14.9. The van der Waals surface area contributed by atoms with Crippen LogP contribution in [0.4, 0.5) is 5.69 Å². The van der Waals surface area contributed by atoms with Gasteiger partial charge in [0.15, 0.2) is 6.20 Å². The molecule has 0 radical (unpaired) electrons. The van der Waals surface area contributed by atoms with E-state index in [9.17, 15) is 4.79 Å². The smallest absolute Gasteiger partial charge is 0.212 e. The number of para-hydroxylation sites is 1. The Morgan fingerprint density at radius 2 is 1.71 bits per heavy atom. The van der Waals surface area contributed by atoms with Crippen molar-refractivity contribution in [3.63, 3.8) is 0 Å². The van der Waals surface area contributed by atoms with Gasteiger partial charge in [0.25, 0.3) is 0 Å². The van der Waals surface area contributed by atoms with Crippen molar-refractivity contribution >= 4 is 22.4 Å². The van der Waals surface area contributed by atoms with Crippen molar-refractivity contribution < 1.29 is 9.78 Å². The van der Waals surface area contributed by atoms with Gasteiger partial charge in [0.1, 0.15) is 5.56 Å². The molecule has 1 aromatic heterocycles. The lowest BCUT2D eigenvalue weighted by Gasteiger charge is -2.21. The molecule has 2 aromatic carbocycles. The molecule has 120 valence electrons. The summed E-state index contributed by atoms with van der Waals surface area (Å²) in [6, 6.07) is 16.0. The van der Waals surface area contributed by atoms with Crippen LogP contribution in [0.25, 0.3) is 10.9 Å². The Morgan fingerprint density at radius 1 is 1.00 bits per heavy atom. The Hall–Kier alpha value is -2.68. The van der Waals surface area contributed by atoms with Gasteiger partial charge in [-0.1, -0.05) is 42.0 Å². The highest BCUT2D eigenvalue weighted by molar-refractivity contribution is 6.15. The van der Waals surface area contributed by atoms with Crippen molar-refractivity contribution in [1.29, 1.82) is 0 Å². The molecule has 0 unspecified atom stereocenters. The molecule has 0 atom stereocenters. The number of fused-ring (bicyclic) bond motifs is 1. The second-order valence-electron chi connectivity index (χ2n) is 6.49. The van der Waals surface area contributed by atoms with Crippen LogP contribution in [0.1, 0.15) is 34.3 Å². The van der Waals surface area contributed by atoms with Gasteiger partial charge in [-0.05, 0) is 25.8 Å². The second kappa shape index (κ2) is 6.08. The van der Waals surface area contributed by atoms with Gasteiger partial charge in [-0.25, -0.2) is 4.98 Å². The predicted molar refractivity (Wildman–Crippen MR) is 96.6 cm³/mol. The zero-order valence-corrected chi connectivity index (χ0v) is 13.9. The van der Waals surface area contributed by atoms with Crippen LogP contribution in [-0.2, 0) is 0 Å². The minimum Gasteiger partial charge on any atom is -0.370 e. The van der Waals surface area contributed by atoms with E-state index in [-0.39, 0.29) is 5.78 Å². The number of pyridine rings is 1. The number of H-pyrrole nitrogens is 1. The number of aromatic amines is 1. The molecule has 24 heavy (non-hydrogen) atoms. The third-order valence-corrected chi connectivity index (χ3v) is 4.79. The zero-order valence-electron chi connectivity index (χ0n) is 13.9. The minimum absolute atomic E-state index is 0.0823. The van der Waals surface area contributed by atoms with E-state index >= 15 is 0 Å². The molecule has 3 heteroatoms. The van der Waals surface area contributed by atoms with Crippen LogP contribution in [0.2, 0.25) is 0 Å². The van der Waals surface area contributed by atoms with Crippen molar-refractivity contribution in [3.05, 3.63) is 71.4 Å². The SMILES string of the molecule is Cc1ccc(C(=O)c2c[nH+]c3ccccc3c2N2CCCC2)cc1. The van der Waals surface area contributed by atoms with E-state index in [4.69, 9.17) is 0 Å². The first-order valence-electron chi connectivity index (χ1n) is 8.54. The molecule has 2 heterocycles. The van der Waals surface area contributed by atoms with E-state index in [1.165, 1.54) is 12.8 Å². The van der Waals surface area contributed by atoms with Crippen LogP contribution in [0.3, 0.4) is 0 Å². The summed E-state index contributed by atoms with van der Waals surface area (Å²) in [6.45, 7) is 4.07. The van der Waals surface area contributed by atoms with E-state index < -0.39 is 0 Å². The molecular formula is C21H21N2O+. The van der Waals surface area contributed by atoms with Crippen molar-refractivity contribution in [2.45, 2.75) is 19.8 Å². The first-order valence-corrected chi connectivity index (χ1v) is 8.54. The molecule has 0 spiro atoms. The Kier molecular flexibility index (Phi) is 3.77. The highest BCUT2D eigenvalue weighted by Crippen LogP contribution is 2.32. The van der Waals surface area contributed by atoms with Gasteiger partial charge < -0.3 is 4.90 Å². The normalized spacial score (nSPS) is 14.3. The summed E-state index contributed by atoms with van der Waals surface area (Å²) in [6.07, 6.45) is 4.24. The number of nitrogens with one attached hydrogen (secondary N) is 1. The largest absolute Gasteiger partial charge is 0.370 e. The molecule has 1 saturated heterocycles. The molecule has 1 aliphatic rings. The number of hydrogen-bond acceptors (Lipinski definition) is 2. The van der Waals surface area contributed by atoms with Crippen LogP contribution in [-0.4, -0.2) is 18.9 Å². The lowest BCUT2D eigenvalue weighted by Crippen LogP contribution is -2.23. The van der Waals surface area contributed by atoms with Gasteiger partial charge in [0.2, 0.25) is 11.3 Å². The van der Waals surface area contributed by atoms with E-state index in [0.717, 1.165) is 46.4 Å². The number of carbonyl (C=O) groups is 1. The molecule has 3 aromatic rings. The van der Waals surface area contributed by atoms with Crippen LogP contribution in [0.5, 0.6) is 0 Å². The van der Waals surface area contributed by atoms with Crippen molar-refractivity contribution in [2.75, 3.05) is 18.0 Å². The monoisotopic (exact) mass is 317 g/mol. The average molecular weight is 317 g/mol. The predicted octanol–water partition coefficient (Wildman–Crippen LogP) is 3.79. The summed E-state index contributed by atoms with van der Waals surface area (Å²) in [4.78, 5) is 18.8. The first-order chi connectivity index (χ1) is 11.7. The molecule has 0 bridgehead atoms. The van der Waals surface area contributed by atoms with Crippen molar-refractivity contribution in [2.24, 2.45) is 0 Å². The standard InChI is InChI=1S/C21H20N2O/c1-15-8-10-16(11-9-15)21(24)18-14-22-19-7-3-2-6-17(19)20(18)23-12-4-5-13-23/h2-3,6-11,14H,4-5,12-13H2,1H3/p+1. The Labute approximate surface area is 141 Å². The number of hydrogen-bond donors (Lipinski definition) is 0. The summed E-state index contributed by atoms with van der Waals surface area (Å²) < 4.78 is 0. The number of benzene rings is 2. The van der Waals surface area contributed by atoms with E-state index in [1.807, 2.05) is 49.5 Å². The Morgan fingerprint density at radius 3 is 2.46 bits per heavy atom. The number of aryl methyl sites for hydroxylation is 1. The third-order valence-electron chi connectivity index (χ3n) is 4.79. The zero-order chi connectivity index (χ0) is 16.5. The fraction of sp³-hybridized carbons (Fsp3) is 0.238. The third kappa shape index (κ3) is 2.56. The van der Waals surface area contributed by atoms with Gasteiger partial charge >= 0.3 is 0 Å². The van der Waals surface area contributed by atoms with Crippen LogP contribution in [0.15, 0.2) is 54.7 Å². The molecule has 1 N–H and O–H groups in total. The van der Waals surface area contributed by atoms with Crippen LogP contribution >= 0.6 is 0 Å². The Balaban J connectivity index is 1.89. The summed E-state index contributed by atoms with van der Waals surface area (Å²) in [5.41, 5.74) is 4.81. The molecule has 4 rings (SSSR count). The maximum atomic E-state index is 13.1. The fourth-order valence-corrected chi connectivity index (χ4v) is 3.49. The Bertz CT molecular complexity index is 893. The maximum Gasteiger partial charge on any atom is 0.212 e. The average Bonchev–Trinajstić information content (AvgIpc) is 3.15. The van der Waals surface area contributed by atoms with Crippen LogP contribution in [0, 0.1) is 6.92 Å². The summed E-state index contributed by atoms with van der Waals surface area (Å²) in [5.74, 6) is 0.0823. The lowest BCUT2D eigenvalue weighted by molar-refractivity contribution is -0.344. The quantitative estimate of drug-likeness (QED) is 0.689. The second-order valence-corrected chi connectivity index (χ2v) is 6.49. The summed E-state index contributed by atoms with van der Waals surface area (Å²) in [7, 11) is 0. The maximum absolute atomic E-state index is 13.1. The fourth-order valence-electron chi connectivity index (χ4n) is 3.49. The van der Waals surface area contributed by atoms with Crippen molar-refractivity contribution in [3.8, 4) is 0 Å². The van der Waals surface area contributed by atoms with E-state index in [1.54, 1.807) is 0 Å². The molecule has 1 fully saturated rings. The van der Waals surface area contributed by atoms with Gasteiger partial charge in [-0.15, -0.1) is 0 Å². The summed E-state index contributed by atoms with van der Waals surface area (Å²) >= 11 is 0. The molecule has 0 saturated carbocycles. The number of carbonyl (C=O) groups excluding carboxylic acids is 1. The number of ketones is 1. The molecule has 3 nitrogen and oxygen atoms in total. The van der Waals surface area contributed by atoms with Crippen molar-refractivity contribution in [1.82, 2.24) is 0 Å². The topological polar surface area (TPSA) is 34.5 Å². The molecule has 0 amide bonds. The number of aromatic nitrogens is 1. The number of rotatable bonds is 3. The highest BCUT2D eigenvalue weighted by Gasteiger charge is 2.25. The molecule has 1 aliphatic heterocycles. The molecule has 0 aliphatic carbocycles. The number of nitrogens with zero attached hydrogens (tertiary/aromatic N) is 1. The lowest BCUT2D eigenvalue weighted by atomic mass is 9.99. The highest BCUT2D eigenvalue weighted by atomic mass is 16.1. The van der Waals surface area contributed by atoms with Gasteiger partial charge in [0.05, 0.1) is 11.1 Å². The van der Waals surface area contributed by atoms with E-state index in [2.05, 4.69) is 22.0 Å². The minimum atomic E-state index is 0.0823. The van der Waals surface area contributed by atoms with Gasteiger partial charge in [-0.2, -0.15) is 0 Å². The number of anilines is 1.